The van der Waals surface area contributed by atoms with Gasteiger partial charge in [0, 0.05) is 6.04 Å². The Labute approximate surface area is 108 Å². The summed E-state index contributed by atoms with van der Waals surface area (Å²) < 4.78 is 4.99. The predicted molar refractivity (Wildman–Crippen MR) is 69.6 cm³/mol. The fourth-order valence-corrected chi connectivity index (χ4v) is 2.07. The molecule has 1 aliphatic heterocycles. The van der Waals surface area contributed by atoms with Crippen molar-refractivity contribution in [3.05, 3.63) is 35.4 Å². The SMILES string of the molecule is CCOC(=O)c1cccc(C2CCCN2)c1.Cl. The summed E-state index contributed by atoms with van der Waals surface area (Å²) in [6.07, 6.45) is 2.35. The molecule has 0 aromatic heterocycles. The van der Waals surface area contributed by atoms with Crippen molar-refractivity contribution in [3.63, 3.8) is 0 Å². The summed E-state index contributed by atoms with van der Waals surface area (Å²) in [5.41, 5.74) is 1.83. The Morgan fingerprint density at radius 1 is 1.53 bits per heavy atom. The molecule has 0 aliphatic carbocycles. The van der Waals surface area contributed by atoms with Crippen LogP contribution in [0.3, 0.4) is 0 Å². The Balaban J connectivity index is 0.00000144. The number of hydrogen-bond acceptors (Lipinski definition) is 3. The fraction of sp³-hybridized carbons (Fsp3) is 0.462. The zero-order valence-corrected chi connectivity index (χ0v) is 10.8. The second kappa shape index (κ2) is 6.62. The first kappa shape index (κ1) is 14.0. The van der Waals surface area contributed by atoms with E-state index in [2.05, 4.69) is 11.4 Å². The Bertz CT molecular complexity index is 375. The number of carbonyl (C=O) groups is 1. The van der Waals surface area contributed by atoms with Crippen LogP contribution in [0.15, 0.2) is 24.3 Å². The highest BCUT2D eigenvalue weighted by Crippen LogP contribution is 2.23. The third kappa shape index (κ3) is 3.45. The largest absolute Gasteiger partial charge is 0.462 e. The topological polar surface area (TPSA) is 38.3 Å². The Morgan fingerprint density at radius 2 is 2.35 bits per heavy atom. The average Bonchev–Trinajstić information content (AvgIpc) is 2.83. The minimum atomic E-state index is -0.234. The first-order valence-corrected chi connectivity index (χ1v) is 5.81. The molecule has 0 spiro atoms. The zero-order valence-electron chi connectivity index (χ0n) is 9.94. The molecular weight excluding hydrogens is 238 g/mol. The number of hydrogen-bond donors (Lipinski definition) is 1. The Kier molecular flexibility index (Phi) is 5.45. The van der Waals surface area contributed by atoms with Gasteiger partial charge in [-0.2, -0.15) is 0 Å². The van der Waals surface area contributed by atoms with Crippen LogP contribution in [-0.2, 0) is 4.74 Å². The van der Waals surface area contributed by atoms with Crippen LogP contribution in [0.5, 0.6) is 0 Å². The molecule has 1 atom stereocenters. The maximum atomic E-state index is 11.6. The van der Waals surface area contributed by atoms with E-state index in [1.807, 2.05) is 19.1 Å². The molecule has 17 heavy (non-hydrogen) atoms. The van der Waals surface area contributed by atoms with E-state index in [-0.39, 0.29) is 18.4 Å². The van der Waals surface area contributed by atoms with Crippen LogP contribution in [0.1, 0.15) is 41.7 Å². The van der Waals surface area contributed by atoms with Crippen LogP contribution in [0.2, 0.25) is 0 Å². The van der Waals surface area contributed by atoms with Crippen molar-refractivity contribution in [1.82, 2.24) is 5.32 Å². The van der Waals surface area contributed by atoms with Crippen molar-refractivity contribution in [2.24, 2.45) is 0 Å². The molecule has 1 aromatic rings. The summed E-state index contributed by atoms with van der Waals surface area (Å²) >= 11 is 0. The van der Waals surface area contributed by atoms with E-state index < -0.39 is 0 Å². The number of rotatable bonds is 3. The van der Waals surface area contributed by atoms with Gasteiger partial charge >= 0.3 is 5.97 Å². The molecule has 1 N–H and O–H groups in total. The van der Waals surface area contributed by atoms with Gasteiger partial charge in [0.25, 0.3) is 0 Å². The maximum Gasteiger partial charge on any atom is 0.338 e. The standard InChI is InChI=1S/C13H17NO2.ClH/c1-2-16-13(15)11-6-3-5-10(9-11)12-7-4-8-14-12;/h3,5-6,9,12,14H,2,4,7-8H2,1H3;1H. The highest BCUT2D eigenvalue weighted by atomic mass is 35.5. The summed E-state index contributed by atoms with van der Waals surface area (Å²) in [5, 5.41) is 3.42. The molecule has 0 amide bonds. The molecular formula is C13H18ClNO2. The lowest BCUT2D eigenvalue weighted by Crippen LogP contribution is -2.13. The van der Waals surface area contributed by atoms with Crippen molar-refractivity contribution in [2.75, 3.05) is 13.2 Å². The van der Waals surface area contributed by atoms with Crippen LogP contribution in [0, 0.1) is 0 Å². The van der Waals surface area contributed by atoms with Gasteiger partial charge in [-0.05, 0) is 44.0 Å². The van der Waals surface area contributed by atoms with Crippen LogP contribution in [0.4, 0.5) is 0 Å². The number of nitrogens with one attached hydrogen (secondary N) is 1. The fourth-order valence-electron chi connectivity index (χ4n) is 2.07. The van der Waals surface area contributed by atoms with Crippen molar-refractivity contribution >= 4 is 18.4 Å². The molecule has 1 heterocycles. The number of ether oxygens (including phenoxy) is 1. The second-order valence-electron chi connectivity index (χ2n) is 3.99. The van der Waals surface area contributed by atoms with Gasteiger partial charge in [-0.1, -0.05) is 12.1 Å². The van der Waals surface area contributed by atoms with Gasteiger partial charge in [0.05, 0.1) is 12.2 Å². The van der Waals surface area contributed by atoms with Gasteiger partial charge in [-0.3, -0.25) is 0 Å². The third-order valence-corrected chi connectivity index (χ3v) is 2.86. The minimum absolute atomic E-state index is 0. The Morgan fingerprint density at radius 3 is 3.00 bits per heavy atom. The third-order valence-electron chi connectivity index (χ3n) is 2.86. The summed E-state index contributed by atoms with van der Waals surface area (Å²) in [6, 6.07) is 8.11. The smallest absolute Gasteiger partial charge is 0.338 e. The van der Waals surface area contributed by atoms with Crippen LogP contribution < -0.4 is 5.32 Å². The summed E-state index contributed by atoms with van der Waals surface area (Å²) in [4.78, 5) is 11.6. The van der Waals surface area contributed by atoms with E-state index in [1.54, 1.807) is 6.07 Å². The summed E-state index contributed by atoms with van der Waals surface area (Å²) in [7, 11) is 0. The van der Waals surface area contributed by atoms with Crippen molar-refractivity contribution in [2.45, 2.75) is 25.8 Å². The molecule has 2 rings (SSSR count). The van der Waals surface area contributed by atoms with Gasteiger partial charge in [0.2, 0.25) is 0 Å². The molecule has 3 nitrogen and oxygen atoms in total. The van der Waals surface area contributed by atoms with Crippen molar-refractivity contribution in [3.8, 4) is 0 Å². The average molecular weight is 256 g/mol. The number of halogens is 1. The highest BCUT2D eigenvalue weighted by Gasteiger charge is 2.17. The molecule has 1 aliphatic rings. The zero-order chi connectivity index (χ0) is 11.4. The molecule has 1 unspecified atom stereocenters. The van der Waals surface area contributed by atoms with Crippen LogP contribution in [0.25, 0.3) is 0 Å². The molecule has 0 radical (unpaired) electrons. The molecule has 0 bridgehead atoms. The first-order valence-electron chi connectivity index (χ1n) is 5.81. The van der Waals surface area contributed by atoms with Gasteiger partial charge in [-0.15, -0.1) is 12.4 Å². The van der Waals surface area contributed by atoms with E-state index in [9.17, 15) is 4.79 Å². The second-order valence-corrected chi connectivity index (χ2v) is 3.99. The minimum Gasteiger partial charge on any atom is -0.462 e. The lowest BCUT2D eigenvalue weighted by Gasteiger charge is -2.11. The monoisotopic (exact) mass is 255 g/mol. The van der Waals surface area contributed by atoms with E-state index in [4.69, 9.17) is 4.74 Å². The Hall–Kier alpha value is -1.06. The number of esters is 1. The normalized spacial score (nSPS) is 18.5. The van der Waals surface area contributed by atoms with Gasteiger partial charge in [-0.25, -0.2) is 4.79 Å². The lowest BCUT2D eigenvalue weighted by molar-refractivity contribution is 0.0526. The summed E-state index contributed by atoms with van der Waals surface area (Å²) in [5.74, 6) is -0.234. The van der Waals surface area contributed by atoms with E-state index in [0.29, 0.717) is 18.2 Å². The highest BCUT2D eigenvalue weighted by molar-refractivity contribution is 5.89. The number of benzene rings is 1. The van der Waals surface area contributed by atoms with Crippen molar-refractivity contribution < 1.29 is 9.53 Å². The van der Waals surface area contributed by atoms with E-state index in [1.165, 1.54) is 12.0 Å². The maximum absolute atomic E-state index is 11.6. The quantitative estimate of drug-likeness (QED) is 0.844. The number of carbonyl (C=O) groups excluding carboxylic acids is 1. The van der Waals surface area contributed by atoms with Gasteiger partial charge in [0.1, 0.15) is 0 Å². The molecule has 1 aromatic carbocycles. The first-order chi connectivity index (χ1) is 7.81. The predicted octanol–water partition coefficient (Wildman–Crippen LogP) is 2.71. The van der Waals surface area contributed by atoms with E-state index in [0.717, 1.165) is 13.0 Å². The molecule has 94 valence electrons. The molecule has 4 heteroatoms. The van der Waals surface area contributed by atoms with Crippen molar-refractivity contribution in [1.29, 1.82) is 0 Å². The van der Waals surface area contributed by atoms with E-state index >= 15 is 0 Å². The van der Waals surface area contributed by atoms with Crippen LogP contribution in [-0.4, -0.2) is 19.1 Å². The van der Waals surface area contributed by atoms with Crippen LogP contribution >= 0.6 is 12.4 Å². The lowest BCUT2D eigenvalue weighted by atomic mass is 10.0. The summed E-state index contributed by atoms with van der Waals surface area (Å²) in [6.45, 7) is 3.30. The van der Waals surface area contributed by atoms with Gasteiger partial charge in [0.15, 0.2) is 0 Å². The molecule has 0 saturated carbocycles. The molecule has 1 fully saturated rings. The van der Waals surface area contributed by atoms with Gasteiger partial charge < -0.3 is 10.1 Å². The molecule has 1 saturated heterocycles.